The topological polar surface area (TPSA) is 61.4 Å². The second-order valence-electron chi connectivity index (χ2n) is 4.14. The highest BCUT2D eigenvalue weighted by molar-refractivity contribution is 7.89. The van der Waals surface area contributed by atoms with Crippen LogP contribution in [0.15, 0.2) is 0 Å². The molecule has 1 saturated heterocycles. The fourth-order valence-electron chi connectivity index (χ4n) is 1.78. The molecule has 1 heterocycles. The molecule has 6 heteroatoms. The van der Waals surface area contributed by atoms with E-state index in [9.17, 15) is 8.42 Å². The van der Waals surface area contributed by atoms with Crippen LogP contribution in [0, 0.1) is 0 Å². The largest absolute Gasteiger partial charge is 0.320 e. The van der Waals surface area contributed by atoms with Crippen LogP contribution in [0.2, 0.25) is 0 Å². The molecule has 0 spiro atoms. The van der Waals surface area contributed by atoms with Gasteiger partial charge in [0.25, 0.3) is 0 Å². The molecule has 0 aliphatic carbocycles. The highest BCUT2D eigenvalue weighted by atomic mass is 32.2. The number of nitrogens with one attached hydrogen (secondary N) is 2. The van der Waals surface area contributed by atoms with E-state index in [4.69, 9.17) is 0 Å². The molecule has 0 amide bonds. The Morgan fingerprint density at radius 3 is 2.73 bits per heavy atom. The number of likely N-dealkylation sites (N-methyl/N-ethyl adjacent to an activating group) is 1. The summed E-state index contributed by atoms with van der Waals surface area (Å²) in [4.78, 5) is 2.14. The average Bonchev–Trinajstić information content (AvgIpc) is 2.50. The van der Waals surface area contributed by atoms with Gasteiger partial charge in [-0.3, -0.25) is 0 Å². The maximum Gasteiger partial charge on any atom is 0.211 e. The molecule has 0 bridgehead atoms. The van der Waals surface area contributed by atoms with Crippen molar-refractivity contribution in [2.75, 3.05) is 39.5 Å². The van der Waals surface area contributed by atoms with Gasteiger partial charge in [0.15, 0.2) is 0 Å². The Kier molecular flexibility index (Phi) is 4.98. The van der Waals surface area contributed by atoms with Crippen LogP contribution in [0.25, 0.3) is 0 Å². The molecule has 0 radical (unpaired) electrons. The molecule has 2 N–H and O–H groups in total. The Morgan fingerprint density at radius 2 is 2.20 bits per heavy atom. The Labute approximate surface area is 92.3 Å². The van der Waals surface area contributed by atoms with Gasteiger partial charge in [-0.15, -0.1) is 0 Å². The van der Waals surface area contributed by atoms with E-state index in [1.165, 1.54) is 0 Å². The first-order chi connectivity index (χ1) is 7.03. The van der Waals surface area contributed by atoms with Gasteiger partial charge in [-0.05, 0) is 40.0 Å². The molecule has 1 aliphatic heterocycles. The van der Waals surface area contributed by atoms with Crippen molar-refractivity contribution in [1.29, 1.82) is 0 Å². The van der Waals surface area contributed by atoms with E-state index >= 15 is 0 Å². The first-order valence-electron chi connectivity index (χ1n) is 5.36. The zero-order valence-electron chi connectivity index (χ0n) is 9.49. The van der Waals surface area contributed by atoms with Gasteiger partial charge >= 0.3 is 0 Å². The van der Waals surface area contributed by atoms with E-state index in [1.54, 1.807) is 0 Å². The summed E-state index contributed by atoms with van der Waals surface area (Å²) in [5, 5.41) is 2.94. The Bertz CT molecular complexity index is 279. The van der Waals surface area contributed by atoms with Crippen LogP contribution in [0.3, 0.4) is 0 Å². The van der Waals surface area contributed by atoms with E-state index in [0.717, 1.165) is 26.1 Å². The Morgan fingerprint density at radius 1 is 1.47 bits per heavy atom. The lowest BCUT2D eigenvalue weighted by molar-refractivity contribution is 0.407. The first-order valence-corrected chi connectivity index (χ1v) is 7.02. The Hall–Kier alpha value is -0.170. The minimum Gasteiger partial charge on any atom is -0.320 e. The highest BCUT2D eigenvalue weighted by Gasteiger charge is 2.23. The van der Waals surface area contributed by atoms with Crippen LogP contribution < -0.4 is 10.0 Å². The van der Waals surface area contributed by atoms with Gasteiger partial charge in [0, 0.05) is 12.6 Å². The van der Waals surface area contributed by atoms with E-state index in [-0.39, 0.29) is 11.8 Å². The molecule has 0 aromatic carbocycles. The number of hydrogen-bond donors (Lipinski definition) is 2. The lowest BCUT2D eigenvalue weighted by Gasteiger charge is -2.13. The van der Waals surface area contributed by atoms with Gasteiger partial charge in [-0.1, -0.05) is 0 Å². The third-order valence-corrected chi connectivity index (χ3v) is 4.10. The Balaban J connectivity index is 2.29. The molecule has 0 saturated carbocycles. The van der Waals surface area contributed by atoms with Gasteiger partial charge < -0.3 is 10.2 Å². The average molecular weight is 235 g/mol. The van der Waals surface area contributed by atoms with Crippen LogP contribution in [0.1, 0.15) is 12.8 Å². The zero-order chi connectivity index (χ0) is 11.3. The third-order valence-electron chi connectivity index (χ3n) is 2.58. The molecule has 1 aliphatic rings. The number of sulfonamides is 1. The van der Waals surface area contributed by atoms with Crippen LogP contribution in [-0.4, -0.2) is 58.8 Å². The standard InChI is InChI=1S/C9H21N3O2S/c1-10-5-3-7-15(13,14)11-9-4-6-12(2)8-9/h9-11H,3-8H2,1-2H3. The smallest absolute Gasteiger partial charge is 0.211 e. The second kappa shape index (κ2) is 5.79. The van der Waals surface area contributed by atoms with Crippen molar-refractivity contribution in [3.63, 3.8) is 0 Å². The number of nitrogens with zero attached hydrogens (tertiary/aromatic N) is 1. The van der Waals surface area contributed by atoms with E-state index in [0.29, 0.717) is 6.42 Å². The molecule has 1 fully saturated rings. The van der Waals surface area contributed by atoms with Crippen LogP contribution >= 0.6 is 0 Å². The summed E-state index contributed by atoms with van der Waals surface area (Å²) in [7, 11) is 0.757. The summed E-state index contributed by atoms with van der Waals surface area (Å²) in [6.45, 7) is 2.54. The van der Waals surface area contributed by atoms with Crippen LogP contribution in [-0.2, 0) is 10.0 Å². The summed E-state index contributed by atoms with van der Waals surface area (Å²) in [5.74, 6) is 0.216. The van der Waals surface area contributed by atoms with Gasteiger partial charge in [0.1, 0.15) is 0 Å². The minimum atomic E-state index is -3.08. The molecule has 0 aromatic heterocycles. The first kappa shape index (κ1) is 12.9. The predicted octanol–water partition coefficient (Wildman–Crippen LogP) is -0.781. The van der Waals surface area contributed by atoms with Gasteiger partial charge in [-0.25, -0.2) is 13.1 Å². The number of likely N-dealkylation sites (tertiary alicyclic amines) is 1. The summed E-state index contributed by atoms with van der Waals surface area (Å²) in [6.07, 6.45) is 1.58. The summed E-state index contributed by atoms with van der Waals surface area (Å²) >= 11 is 0. The molecule has 90 valence electrons. The predicted molar refractivity (Wildman–Crippen MR) is 61.4 cm³/mol. The van der Waals surface area contributed by atoms with Crippen molar-refractivity contribution < 1.29 is 8.42 Å². The minimum absolute atomic E-state index is 0.106. The monoisotopic (exact) mass is 235 g/mol. The van der Waals surface area contributed by atoms with Gasteiger partial charge in [0.2, 0.25) is 10.0 Å². The van der Waals surface area contributed by atoms with Gasteiger partial charge in [0.05, 0.1) is 5.75 Å². The molecular formula is C9H21N3O2S. The normalized spacial score (nSPS) is 23.5. The molecule has 1 rings (SSSR count). The van der Waals surface area contributed by atoms with E-state index in [1.807, 2.05) is 14.1 Å². The highest BCUT2D eigenvalue weighted by Crippen LogP contribution is 2.07. The molecule has 1 atom stereocenters. The summed E-state index contributed by atoms with van der Waals surface area (Å²) < 4.78 is 26.0. The van der Waals surface area contributed by atoms with Crippen molar-refractivity contribution in [2.45, 2.75) is 18.9 Å². The quantitative estimate of drug-likeness (QED) is 0.593. The number of hydrogen-bond acceptors (Lipinski definition) is 4. The molecule has 5 nitrogen and oxygen atoms in total. The zero-order valence-corrected chi connectivity index (χ0v) is 10.3. The van der Waals surface area contributed by atoms with Crippen LogP contribution in [0.5, 0.6) is 0 Å². The van der Waals surface area contributed by atoms with Crippen molar-refractivity contribution in [3.8, 4) is 0 Å². The van der Waals surface area contributed by atoms with Crippen molar-refractivity contribution in [3.05, 3.63) is 0 Å². The number of rotatable bonds is 6. The molecular weight excluding hydrogens is 214 g/mol. The maximum absolute atomic E-state index is 11.6. The van der Waals surface area contributed by atoms with Crippen molar-refractivity contribution >= 4 is 10.0 Å². The second-order valence-corrected chi connectivity index (χ2v) is 6.02. The molecule has 1 unspecified atom stereocenters. The van der Waals surface area contributed by atoms with E-state index < -0.39 is 10.0 Å². The van der Waals surface area contributed by atoms with Gasteiger partial charge in [-0.2, -0.15) is 0 Å². The third kappa shape index (κ3) is 4.92. The van der Waals surface area contributed by atoms with Crippen LogP contribution in [0.4, 0.5) is 0 Å². The fraction of sp³-hybridized carbons (Fsp3) is 1.00. The lowest BCUT2D eigenvalue weighted by Crippen LogP contribution is -2.38. The van der Waals surface area contributed by atoms with E-state index in [2.05, 4.69) is 14.9 Å². The molecule has 0 aromatic rings. The fourth-order valence-corrected chi connectivity index (χ4v) is 3.13. The summed E-state index contributed by atoms with van der Waals surface area (Å²) in [6, 6.07) is 0.106. The maximum atomic E-state index is 11.6. The lowest BCUT2D eigenvalue weighted by atomic mass is 10.3. The van der Waals surface area contributed by atoms with Crippen molar-refractivity contribution in [1.82, 2.24) is 14.9 Å². The SMILES string of the molecule is CNCCCS(=O)(=O)NC1CCN(C)C1. The molecule has 15 heavy (non-hydrogen) atoms. The summed E-state index contributed by atoms with van der Waals surface area (Å²) in [5.41, 5.74) is 0. The van der Waals surface area contributed by atoms with Crippen molar-refractivity contribution in [2.24, 2.45) is 0 Å².